The molecule has 7 rings (SSSR count). The van der Waals surface area contributed by atoms with Gasteiger partial charge in [-0.1, -0.05) is 151 Å². The van der Waals surface area contributed by atoms with Gasteiger partial charge >= 0.3 is 0 Å². The second kappa shape index (κ2) is 11.7. The van der Waals surface area contributed by atoms with E-state index in [0.29, 0.717) is 17.2 Å². The Morgan fingerprint density at radius 1 is 0.659 bits per heavy atom. The summed E-state index contributed by atoms with van der Waals surface area (Å²) in [7, 11) is 0. The Morgan fingerprint density at radius 3 is 1.70 bits per heavy atom. The third-order valence-electron chi connectivity index (χ3n) is 7.87. The first-order valence-electron chi connectivity index (χ1n) is 14.4. The van der Waals surface area contributed by atoms with E-state index in [4.69, 9.17) is 10.6 Å². The largest absolute Gasteiger partial charge is 0.274 e. The van der Waals surface area contributed by atoms with Crippen molar-refractivity contribution in [3.63, 3.8) is 0 Å². The zero-order valence-corrected chi connectivity index (χ0v) is 24.9. The van der Waals surface area contributed by atoms with Crippen LogP contribution in [0.5, 0.6) is 0 Å². The lowest BCUT2D eigenvalue weighted by Gasteiger charge is -2.36. The van der Waals surface area contributed by atoms with Gasteiger partial charge in [-0.25, -0.2) is 9.36 Å². The van der Waals surface area contributed by atoms with Crippen LogP contribution >= 0.6 is 11.3 Å². The number of tetrazole rings is 1. The van der Waals surface area contributed by atoms with Gasteiger partial charge in [0.2, 0.25) is 4.80 Å². The van der Waals surface area contributed by atoms with Crippen molar-refractivity contribution in [1.29, 1.82) is 5.41 Å². The van der Waals surface area contributed by atoms with Crippen molar-refractivity contribution in [3.8, 4) is 22.5 Å². The molecular weight excluding hydrogens is 563 g/mol. The van der Waals surface area contributed by atoms with E-state index in [-0.39, 0.29) is 0 Å². The van der Waals surface area contributed by atoms with Crippen LogP contribution in [0, 0.1) is 12.3 Å². The van der Waals surface area contributed by atoms with Gasteiger partial charge in [0, 0.05) is 5.56 Å². The number of hydrogen-bond acceptors (Lipinski definition) is 6. The van der Waals surface area contributed by atoms with Crippen molar-refractivity contribution >= 4 is 11.3 Å². The monoisotopic (exact) mass is 591 g/mol. The molecule has 7 nitrogen and oxygen atoms in total. The van der Waals surface area contributed by atoms with Gasteiger partial charge in [-0.3, -0.25) is 5.41 Å². The van der Waals surface area contributed by atoms with Crippen LogP contribution in [0.4, 0.5) is 0 Å². The Balaban J connectivity index is 1.40. The highest BCUT2D eigenvalue weighted by Crippen LogP contribution is 2.43. The molecule has 0 unspecified atom stereocenters. The van der Waals surface area contributed by atoms with Gasteiger partial charge in [0.15, 0.2) is 5.82 Å². The highest BCUT2D eigenvalue weighted by atomic mass is 32.1. The van der Waals surface area contributed by atoms with E-state index in [9.17, 15) is 0 Å². The standard InChI is InChI=1S/C36H29N7S/c1-26-39-42(35(37)44-26)25-27-21-23-28(24-22-27)32-19-11-12-20-33(32)34-38-40-41-43(34)36(29-13-5-2-6-14-29,30-15-7-3-8-16-30)31-17-9-4-10-18-31/h2-24,37H,25H2,1H3. The Morgan fingerprint density at radius 2 is 1.18 bits per heavy atom. The lowest BCUT2D eigenvalue weighted by Crippen LogP contribution is -2.39. The molecule has 0 aliphatic rings. The van der Waals surface area contributed by atoms with Crippen LogP contribution in [-0.4, -0.2) is 30.0 Å². The zero-order valence-electron chi connectivity index (χ0n) is 24.1. The Labute approximate surface area is 259 Å². The zero-order chi connectivity index (χ0) is 29.9. The topological polar surface area (TPSA) is 85.3 Å². The van der Waals surface area contributed by atoms with Gasteiger partial charge in [-0.15, -0.1) is 5.10 Å². The fourth-order valence-electron chi connectivity index (χ4n) is 5.91. The van der Waals surface area contributed by atoms with Crippen LogP contribution in [0.1, 0.15) is 27.3 Å². The Hall–Kier alpha value is -5.47. The molecule has 0 radical (unpaired) electrons. The highest BCUT2D eigenvalue weighted by Gasteiger charge is 2.42. The summed E-state index contributed by atoms with van der Waals surface area (Å²) in [6.07, 6.45) is 0. The normalized spacial score (nSPS) is 11.5. The molecule has 5 aromatic carbocycles. The summed E-state index contributed by atoms with van der Waals surface area (Å²) >= 11 is 1.38. The summed E-state index contributed by atoms with van der Waals surface area (Å²) < 4.78 is 3.70. The second-order valence-corrected chi connectivity index (χ2v) is 11.7. The van der Waals surface area contributed by atoms with Gasteiger partial charge in [-0.2, -0.15) is 5.10 Å². The molecule has 0 spiro atoms. The second-order valence-electron chi connectivity index (χ2n) is 10.5. The van der Waals surface area contributed by atoms with Gasteiger partial charge in [-0.05, 0) is 50.7 Å². The summed E-state index contributed by atoms with van der Waals surface area (Å²) in [5.74, 6) is 0.661. The first kappa shape index (κ1) is 27.4. The number of rotatable bonds is 8. The lowest BCUT2D eigenvalue weighted by molar-refractivity contribution is 0.451. The highest BCUT2D eigenvalue weighted by molar-refractivity contribution is 7.08. The minimum absolute atomic E-state index is 0.447. The van der Waals surface area contributed by atoms with Crippen molar-refractivity contribution in [2.75, 3.05) is 0 Å². The number of aryl methyl sites for hydroxylation is 1. The number of aromatic nitrogens is 6. The maximum absolute atomic E-state index is 8.18. The van der Waals surface area contributed by atoms with Crippen LogP contribution in [0.3, 0.4) is 0 Å². The molecule has 0 saturated heterocycles. The molecule has 2 aromatic heterocycles. The van der Waals surface area contributed by atoms with E-state index in [0.717, 1.165) is 44.0 Å². The lowest BCUT2D eigenvalue weighted by atomic mass is 9.77. The quantitative estimate of drug-likeness (QED) is 0.194. The minimum atomic E-state index is -0.837. The maximum Gasteiger partial charge on any atom is 0.200 e. The van der Waals surface area contributed by atoms with Crippen LogP contribution in [0.15, 0.2) is 140 Å². The fraction of sp³-hybridized carbons (Fsp3) is 0.0833. The molecule has 0 fully saturated rings. The van der Waals surface area contributed by atoms with Crippen LogP contribution in [0.25, 0.3) is 22.5 Å². The summed E-state index contributed by atoms with van der Waals surface area (Å²) in [4.78, 5) is 0.447. The molecular formula is C36H29N7S. The van der Waals surface area contributed by atoms with Crippen LogP contribution in [-0.2, 0) is 12.1 Å². The van der Waals surface area contributed by atoms with E-state index < -0.39 is 5.54 Å². The van der Waals surface area contributed by atoms with Gasteiger partial charge in [0.25, 0.3) is 0 Å². The van der Waals surface area contributed by atoms with E-state index in [1.165, 1.54) is 11.3 Å². The maximum atomic E-state index is 8.18. The molecule has 0 bridgehead atoms. The number of nitrogens with zero attached hydrogens (tertiary/aromatic N) is 6. The van der Waals surface area contributed by atoms with Crippen molar-refractivity contribution in [1.82, 2.24) is 30.0 Å². The first-order valence-corrected chi connectivity index (χ1v) is 15.2. The molecule has 2 heterocycles. The van der Waals surface area contributed by atoms with Crippen molar-refractivity contribution in [3.05, 3.63) is 172 Å². The minimum Gasteiger partial charge on any atom is -0.274 e. The average Bonchev–Trinajstić information content (AvgIpc) is 3.69. The predicted octanol–water partition coefficient (Wildman–Crippen LogP) is 6.94. The summed E-state index contributed by atoms with van der Waals surface area (Å²) in [5, 5.41) is 27.2. The molecule has 0 aliphatic heterocycles. The van der Waals surface area contributed by atoms with E-state index in [1.807, 2.05) is 41.9 Å². The van der Waals surface area contributed by atoms with Crippen molar-refractivity contribution in [2.24, 2.45) is 0 Å². The summed E-state index contributed by atoms with van der Waals surface area (Å²) in [6.45, 7) is 2.48. The Bertz CT molecular complexity index is 1970. The van der Waals surface area contributed by atoms with E-state index in [1.54, 1.807) is 4.68 Å². The van der Waals surface area contributed by atoms with E-state index >= 15 is 0 Å². The Kier molecular flexibility index (Phi) is 7.25. The van der Waals surface area contributed by atoms with Crippen LogP contribution in [0.2, 0.25) is 0 Å². The van der Waals surface area contributed by atoms with Crippen LogP contribution < -0.4 is 4.80 Å². The molecule has 1 N–H and O–H groups in total. The predicted molar refractivity (Wildman–Crippen MR) is 173 cm³/mol. The molecule has 0 amide bonds. The first-order chi connectivity index (χ1) is 21.6. The third kappa shape index (κ3) is 4.85. The summed E-state index contributed by atoms with van der Waals surface area (Å²) in [5.41, 5.74) is 6.40. The fourth-order valence-corrected chi connectivity index (χ4v) is 6.54. The number of hydrogen-bond donors (Lipinski definition) is 1. The van der Waals surface area contributed by atoms with Gasteiger partial charge in [0.1, 0.15) is 10.5 Å². The van der Waals surface area contributed by atoms with Crippen molar-refractivity contribution in [2.45, 2.75) is 19.0 Å². The van der Waals surface area contributed by atoms with Gasteiger partial charge < -0.3 is 0 Å². The van der Waals surface area contributed by atoms with E-state index in [2.05, 4.69) is 125 Å². The molecule has 0 saturated carbocycles. The summed E-state index contributed by atoms with van der Waals surface area (Å²) in [6, 6.07) is 48.0. The molecule has 44 heavy (non-hydrogen) atoms. The average molecular weight is 592 g/mol. The number of benzene rings is 5. The molecule has 214 valence electrons. The molecule has 7 aromatic rings. The molecule has 0 aliphatic carbocycles. The van der Waals surface area contributed by atoms with Gasteiger partial charge in [0.05, 0.1) is 6.54 Å². The molecule has 0 atom stereocenters. The SMILES string of the molecule is Cc1nn(Cc2ccc(-c3ccccc3-c3nnnn3C(c3ccccc3)(c3ccccc3)c3ccccc3)cc2)c(=N)s1. The molecule has 8 heteroatoms. The number of nitrogens with one attached hydrogen (secondary N) is 1. The third-order valence-corrected chi connectivity index (χ3v) is 8.65. The smallest absolute Gasteiger partial charge is 0.200 e. The van der Waals surface area contributed by atoms with Crippen molar-refractivity contribution < 1.29 is 0 Å².